The zero-order chi connectivity index (χ0) is 34.4. The highest BCUT2D eigenvalue weighted by Crippen LogP contribution is 2.40. The predicted molar refractivity (Wildman–Crippen MR) is 184 cm³/mol. The van der Waals surface area contributed by atoms with E-state index in [9.17, 15) is 9.90 Å². The number of H-pyrrole nitrogens is 1. The van der Waals surface area contributed by atoms with Gasteiger partial charge in [-0.15, -0.1) is 0 Å². The molecule has 4 aromatic rings. The van der Waals surface area contributed by atoms with Crippen LogP contribution in [-0.4, -0.2) is 76.0 Å². The lowest BCUT2D eigenvalue weighted by molar-refractivity contribution is 0.0794. The number of nitrogens with zero attached hydrogens (tertiary/aromatic N) is 6. The SMILES string of the molecule is Cc1noc(C)c1-c1nc(-c2cc(OC[C@@H](CN(C)C(=O)O)O[Si](C)(C)C(C)(C)C)ccc2Cl)nc(N2Cc3n[nH]c(C)c3C2)c1C. The van der Waals surface area contributed by atoms with E-state index in [4.69, 9.17) is 35.3 Å². The molecule has 0 aliphatic carbocycles. The van der Waals surface area contributed by atoms with Crippen molar-refractivity contribution in [1.29, 1.82) is 0 Å². The van der Waals surface area contributed by atoms with Gasteiger partial charge < -0.3 is 28.6 Å². The lowest BCUT2D eigenvalue weighted by atomic mass is 10.0. The molecule has 0 radical (unpaired) electrons. The Labute approximate surface area is 281 Å². The third-order valence-electron chi connectivity index (χ3n) is 9.23. The fraction of sp³-hybridized carbons (Fsp3) is 0.485. The van der Waals surface area contributed by atoms with Gasteiger partial charge in [-0.2, -0.15) is 5.10 Å². The number of likely N-dealkylation sites (N-methyl/N-ethyl adjacent to an activating group) is 1. The number of anilines is 1. The highest BCUT2D eigenvalue weighted by molar-refractivity contribution is 6.74. The van der Waals surface area contributed by atoms with Gasteiger partial charge in [0, 0.05) is 36.0 Å². The van der Waals surface area contributed by atoms with E-state index in [1.54, 1.807) is 12.1 Å². The Kier molecular flexibility index (Phi) is 9.46. The van der Waals surface area contributed by atoms with Gasteiger partial charge in [0.05, 0.1) is 46.9 Å². The summed E-state index contributed by atoms with van der Waals surface area (Å²) in [7, 11) is -0.704. The summed E-state index contributed by atoms with van der Waals surface area (Å²) in [6.45, 7) is 20.1. The van der Waals surface area contributed by atoms with Crippen LogP contribution < -0.4 is 9.64 Å². The Hall–Kier alpha value is -3.94. The first-order valence-electron chi connectivity index (χ1n) is 15.6. The van der Waals surface area contributed by atoms with E-state index < -0.39 is 20.5 Å². The maximum absolute atomic E-state index is 11.7. The Morgan fingerprint density at radius 2 is 1.91 bits per heavy atom. The average Bonchev–Trinajstić information content (AvgIpc) is 3.67. The molecule has 1 aliphatic heterocycles. The van der Waals surface area contributed by atoms with Crippen molar-refractivity contribution in [3.05, 3.63) is 57.2 Å². The summed E-state index contributed by atoms with van der Waals surface area (Å²) in [6.07, 6.45) is -1.50. The molecule has 0 saturated heterocycles. The van der Waals surface area contributed by atoms with Crippen molar-refractivity contribution in [3.8, 4) is 28.4 Å². The Morgan fingerprint density at radius 3 is 2.53 bits per heavy atom. The number of aryl methyl sites for hydroxylation is 3. The molecule has 1 aromatic carbocycles. The molecule has 0 bridgehead atoms. The summed E-state index contributed by atoms with van der Waals surface area (Å²) in [4.78, 5) is 25.2. The van der Waals surface area contributed by atoms with Crippen LogP contribution in [0.25, 0.3) is 22.6 Å². The average molecular weight is 682 g/mol. The third-order valence-corrected chi connectivity index (χ3v) is 14.1. The molecule has 0 fully saturated rings. The number of halogens is 1. The minimum absolute atomic E-state index is 0.0633. The first-order valence-corrected chi connectivity index (χ1v) is 18.9. The highest BCUT2D eigenvalue weighted by atomic mass is 35.5. The van der Waals surface area contributed by atoms with Crippen LogP contribution in [0.3, 0.4) is 0 Å². The van der Waals surface area contributed by atoms with Crippen LogP contribution in [-0.2, 0) is 17.5 Å². The number of ether oxygens (including phenoxy) is 1. The van der Waals surface area contributed by atoms with Crippen LogP contribution in [0, 0.1) is 27.7 Å². The molecule has 252 valence electrons. The third kappa shape index (κ3) is 7.02. The Balaban J connectivity index is 1.51. The number of benzene rings is 1. The molecule has 4 heterocycles. The second-order valence-corrected chi connectivity index (χ2v) is 19.0. The molecular weight excluding hydrogens is 638 g/mol. The van der Waals surface area contributed by atoms with Crippen LogP contribution in [0.5, 0.6) is 5.75 Å². The number of aromatic nitrogens is 5. The number of aromatic amines is 1. The summed E-state index contributed by atoms with van der Waals surface area (Å²) in [5.74, 6) is 2.39. The fourth-order valence-electron chi connectivity index (χ4n) is 5.47. The second kappa shape index (κ2) is 12.9. The number of carbonyl (C=O) groups is 1. The normalized spacial score (nSPS) is 14.0. The van der Waals surface area contributed by atoms with Crippen molar-refractivity contribution in [2.45, 2.75) is 85.8 Å². The maximum Gasteiger partial charge on any atom is 0.407 e. The molecular formula is C33H44ClN7O5Si. The van der Waals surface area contributed by atoms with Crippen molar-refractivity contribution >= 4 is 31.8 Å². The topological polar surface area (TPSA) is 143 Å². The van der Waals surface area contributed by atoms with Gasteiger partial charge in [0.1, 0.15) is 23.9 Å². The molecule has 0 saturated carbocycles. The minimum atomic E-state index is -2.23. The van der Waals surface area contributed by atoms with Crippen molar-refractivity contribution in [1.82, 2.24) is 30.2 Å². The van der Waals surface area contributed by atoms with Crippen molar-refractivity contribution in [3.63, 3.8) is 0 Å². The van der Waals surface area contributed by atoms with E-state index in [-0.39, 0.29) is 18.2 Å². The molecule has 1 aliphatic rings. The lowest BCUT2D eigenvalue weighted by Crippen LogP contribution is -2.49. The lowest BCUT2D eigenvalue weighted by Gasteiger charge is -2.39. The van der Waals surface area contributed by atoms with Crippen LogP contribution in [0.1, 0.15) is 54.7 Å². The smallest absolute Gasteiger partial charge is 0.407 e. The summed E-state index contributed by atoms with van der Waals surface area (Å²) in [6, 6.07) is 5.35. The van der Waals surface area contributed by atoms with E-state index in [1.807, 2.05) is 33.8 Å². The van der Waals surface area contributed by atoms with E-state index >= 15 is 0 Å². The minimum Gasteiger partial charge on any atom is -0.491 e. The number of rotatable bonds is 10. The molecule has 14 heteroatoms. The fourth-order valence-corrected chi connectivity index (χ4v) is 7.01. The zero-order valence-corrected chi connectivity index (χ0v) is 30.5. The number of hydrogen-bond acceptors (Lipinski definition) is 9. The molecule has 1 atom stereocenters. The number of hydrogen-bond donors (Lipinski definition) is 2. The van der Waals surface area contributed by atoms with Gasteiger partial charge in [-0.1, -0.05) is 37.5 Å². The van der Waals surface area contributed by atoms with E-state index in [1.165, 1.54) is 17.5 Å². The van der Waals surface area contributed by atoms with Gasteiger partial charge in [-0.3, -0.25) is 5.10 Å². The molecule has 12 nitrogen and oxygen atoms in total. The van der Waals surface area contributed by atoms with Gasteiger partial charge >= 0.3 is 6.09 Å². The van der Waals surface area contributed by atoms with Crippen LogP contribution in [0.15, 0.2) is 22.7 Å². The van der Waals surface area contributed by atoms with E-state index in [0.29, 0.717) is 46.7 Å². The van der Waals surface area contributed by atoms with E-state index in [2.05, 4.69) is 54.1 Å². The molecule has 0 unspecified atom stereocenters. The van der Waals surface area contributed by atoms with E-state index in [0.717, 1.165) is 34.0 Å². The molecule has 5 rings (SSSR count). The molecule has 2 N–H and O–H groups in total. The number of nitrogens with one attached hydrogen (secondary N) is 1. The van der Waals surface area contributed by atoms with Crippen molar-refractivity contribution in [2.24, 2.45) is 0 Å². The van der Waals surface area contributed by atoms with Crippen LogP contribution >= 0.6 is 11.6 Å². The predicted octanol–water partition coefficient (Wildman–Crippen LogP) is 7.31. The van der Waals surface area contributed by atoms with Gasteiger partial charge in [0.15, 0.2) is 14.1 Å². The van der Waals surface area contributed by atoms with Crippen LogP contribution in [0.2, 0.25) is 23.2 Å². The summed E-state index contributed by atoms with van der Waals surface area (Å²) >= 11 is 6.82. The maximum atomic E-state index is 11.7. The highest BCUT2D eigenvalue weighted by Gasteiger charge is 2.40. The quantitative estimate of drug-likeness (QED) is 0.164. The Morgan fingerprint density at radius 1 is 1.19 bits per heavy atom. The van der Waals surface area contributed by atoms with Gasteiger partial charge in [-0.05, 0) is 64.0 Å². The van der Waals surface area contributed by atoms with Crippen molar-refractivity contribution < 1.29 is 23.6 Å². The summed E-state index contributed by atoms with van der Waals surface area (Å²) < 4.78 is 18.4. The van der Waals surface area contributed by atoms with Crippen LogP contribution in [0.4, 0.5) is 10.6 Å². The largest absolute Gasteiger partial charge is 0.491 e. The number of carboxylic acid groups (broad SMARTS) is 1. The Bertz CT molecular complexity index is 1780. The first-order chi connectivity index (χ1) is 22.0. The number of amides is 1. The standard InChI is InChI=1S/C33H44ClN7O5Si/c1-18-29(28-20(3)39-45-21(28)4)35-30(36-31(18)41-15-25-19(2)37-38-27(25)16-41)24-13-22(11-12-26(24)34)44-17-23(14-40(8)32(42)43)46-47(9,10)33(5,6)7/h11-13,23H,14-17H2,1-10H3,(H,37,38)(H,42,43)/t23-/m1/s1. The number of fused-ring (bicyclic) bond motifs is 1. The molecule has 3 aromatic heterocycles. The molecule has 0 spiro atoms. The van der Waals surface area contributed by atoms with Gasteiger partial charge in [0.2, 0.25) is 0 Å². The zero-order valence-electron chi connectivity index (χ0n) is 28.8. The summed E-state index contributed by atoms with van der Waals surface area (Å²) in [5, 5.41) is 21.7. The monoisotopic (exact) mass is 681 g/mol. The van der Waals surface area contributed by atoms with Crippen molar-refractivity contribution in [2.75, 3.05) is 25.1 Å². The van der Waals surface area contributed by atoms with Gasteiger partial charge in [0.25, 0.3) is 0 Å². The molecule has 1 amide bonds. The molecule has 47 heavy (non-hydrogen) atoms. The first kappa shape index (κ1) is 34.4. The second-order valence-electron chi connectivity index (χ2n) is 13.8. The summed E-state index contributed by atoms with van der Waals surface area (Å²) in [5.41, 5.74) is 6.96. The van der Waals surface area contributed by atoms with Gasteiger partial charge in [-0.25, -0.2) is 14.8 Å².